The average molecular weight is 388 g/mol. The van der Waals surface area contributed by atoms with Crippen molar-refractivity contribution in [2.75, 3.05) is 20.8 Å². The number of hydrogen-bond donors (Lipinski definition) is 1. The molecule has 0 fully saturated rings. The zero-order valence-corrected chi connectivity index (χ0v) is 16.6. The van der Waals surface area contributed by atoms with Gasteiger partial charge in [0.15, 0.2) is 11.5 Å². The van der Waals surface area contributed by atoms with Gasteiger partial charge in [0.25, 0.3) is 0 Å². The standard InChI is InChI=1S/C24H24N2O3/c1-27-22-15-20-21(16-23(22)28-2)26-24(25-20)18-10-12-19(13-11-18)29-14-6-9-17-7-4-3-5-8-17/h3-5,7-8,10-13,15-16H,6,9,14H2,1-2H3,(H,25,26). The SMILES string of the molecule is COc1cc2nc(-c3ccc(OCCCc4ccccc4)cc3)[nH]c2cc1OC. The number of aromatic nitrogens is 2. The van der Waals surface area contributed by atoms with Crippen LogP contribution >= 0.6 is 0 Å². The van der Waals surface area contributed by atoms with Crippen molar-refractivity contribution in [2.24, 2.45) is 0 Å². The Balaban J connectivity index is 1.41. The first kappa shape index (κ1) is 18.9. The summed E-state index contributed by atoms with van der Waals surface area (Å²) in [7, 11) is 3.25. The van der Waals surface area contributed by atoms with E-state index >= 15 is 0 Å². The number of rotatable bonds is 8. The van der Waals surface area contributed by atoms with Crippen LogP contribution in [0.2, 0.25) is 0 Å². The van der Waals surface area contributed by atoms with Gasteiger partial charge in [-0.15, -0.1) is 0 Å². The molecule has 4 aromatic rings. The van der Waals surface area contributed by atoms with E-state index in [-0.39, 0.29) is 0 Å². The molecule has 4 rings (SSSR count). The third-order valence-electron chi connectivity index (χ3n) is 4.84. The second kappa shape index (κ2) is 8.69. The van der Waals surface area contributed by atoms with Gasteiger partial charge in [0, 0.05) is 17.7 Å². The molecule has 0 saturated carbocycles. The molecule has 0 atom stereocenters. The summed E-state index contributed by atoms with van der Waals surface area (Å²) in [4.78, 5) is 8.01. The molecule has 3 aromatic carbocycles. The molecule has 0 aliphatic heterocycles. The van der Waals surface area contributed by atoms with Crippen LogP contribution in [-0.4, -0.2) is 30.8 Å². The maximum Gasteiger partial charge on any atom is 0.163 e. The Morgan fingerprint density at radius 2 is 1.59 bits per heavy atom. The largest absolute Gasteiger partial charge is 0.494 e. The van der Waals surface area contributed by atoms with E-state index in [0.717, 1.165) is 41.0 Å². The Kier molecular flexibility index (Phi) is 5.66. The molecule has 0 aliphatic carbocycles. The van der Waals surface area contributed by atoms with Crippen molar-refractivity contribution in [3.63, 3.8) is 0 Å². The highest BCUT2D eigenvalue weighted by Gasteiger charge is 2.11. The zero-order valence-electron chi connectivity index (χ0n) is 16.6. The summed E-state index contributed by atoms with van der Waals surface area (Å²) in [5.74, 6) is 3.00. The van der Waals surface area contributed by atoms with Gasteiger partial charge in [0.05, 0.1) is 31.9 Å². The molecule has 1 N–H and O–H groups in total. The Morgan fingerprint density at radius 1 is 0.862 bits per heavy atom. The van der Waals surface area contributed by atoms with Crippen molar-refractivity contribution in [3.05, 3.63) is 72.3 Å². The average Bonchev–Trinajstić information content (AvgIpc) is 3.19. The molecule has 0 saturated heterocycles. The molecule has 5 nitrogen and oxygen atoms in total. The molecular formula is C24H24N2O3. The van der Waals surface area contributed by atoms with E-state index < -0.39 is 0 Å². The van der Waals surface area contributed by atoms with Crippen molar-refractivity contribution in [2.45, 2.75) is 12.8 Å². The van der Waals surface area contributed by atoms with Crippen LogP contribution in [0.4, 0.5) is 0 Å². The smallest absolute Gasteiger partial charge is 0.163 e. The predicted molar refractivity (Wildman–Crippen MR) is 115 cm³/mol. The van der Waals surface area contributed by atoms with Crippen LogP contribution in [0.5, 0.6) is 17.2 Å². The van der Waals surface area contributed by atoms with Gasteiger partial charge in [-0.25, -0.2) is 4.98 Å². The van der Waals surface area contributed by atoms with Crippen molar-refractivity contribution < 1.29 is 14.2 Å². The summed E-state index contributed by atoms with van der Waals surface area (Å²) in [5.41, 5.74) is 4.07. The van der Waals surface area contributed by atoms with Gasteiger partial charge in [-0.1, -0.05) is 30.3 Å². The van der Waals surface area contributed by atoms with Crippen LogP contribution in [-0.2, 0) is 6.42 Å². The first-order valence-electron chi connectivity index (χ1n) is 9.66. The lowest BCUT2D eigenvalue weighted by molar-refractivity contribution is 0.311. The maximum absolute atomic E-state index is 5.87. The van der Waals surface area contributed by atoms with E-state index in [9.17, 15) is 0 Å². The molecule has 148 valence electrons. The van der Waals surface area contributed by atoms with Gasteiger partial charge in [-0.3, -0.25) is 0 Å². The predicted octanol–water partition coefficient (Wildman–Crippen LogP) is 5.26. The number of hydrogen-bond acceptors (Lipinski definition) is 4. The van der Waals surface area contributed by atoms with Gasteiger partial charge in [-0.05, 0) is 42.7 Å². The molecule has 0 amide bonds. The lowest BCUT2D eigenvalue weighted by Gasteiger charge is -2.07. The van der Waals surface area contributed by atoms with Crippen molar-refractivity contribution in [1.29, 1.82) is 0 Å². The zero-order chi connectivity index (χ0) is 20.1. The quantitative estimate of drug-likeness (QED) is 0.418. The van der Waals surface area contributed by atoms with Crippen LogP contribution in [0, 0.1) is 0 Å². The summed E-state index contributed by atoms with van der Waals surface area (Å²) >= 11 is 0. The monoisotopic (exact) mass is 388 g/mol. The summed E-state index contributed by atoms with van der Waals surface area (Å²) in [6, 6.07) is 22.2. The third kappa shape index (κ3) is 4.35. The highest BCUT2D eigenvalue weighted by Crippen LogP contribution is 2.32. The van der Waals surface area contributed by atoms with E-state index in [4.69, 9.17) is 14.2 Å². The van der Waals surface area contributed by atoms with E-state index in [2.05, 4.69) is 34.2 Å². The first-order chi connectivity index (χ1) is 14.3. The normalized spacial score (nSPS) is 10.8. The molecule has 5 heteroatoms. The fraction of sp³-hybridized carbons (Fsp3) is 0.208. The van der Waals surface area contributed by atoms with E-state index in [0.29, 0.717) is 18.1 Å². The second-order valence-corrected chi connectivity index (χ2v) is 6.77. The number of benzene rings is 3. The van der Waals surface area contributed by atoms with Crippen molar-refractivity contribution in [3.8, 4) is 28.6 Å². The third-order valence-corrected chi connectivity index (χ3v) is 4.84. The lowest BCUT2D eigenvalue weighted by atomic mass is 10.1. The molecule has 0 spiro atoms. The first-order valence-corrected chi connectivity index (χ1v) is 9.66. The number of aromatic amines is 1. The Labute approximate surface area is 170 Å². The fourth-order valence-electron chi connectivity index (χ4n) is 3.29. The topological polar surface area (TPSA) is 56.4 Å². The number of imidazole rings is 1. The molecule has 0 aliphatic rings. The number of ether oxygens (including phenoxy) is 3. The Bertz CT molecular complexity index is 1030. The van der Waals surface area contributed by atoms with Gasteiger partial charge in [-0.2, -0.15) is 0 Å². The van der Waals surface area contributed by atoms with Crippen LogP contribution in [0.1, 0.15) is 12.0 Å². The molecule has 1 aromatic heterocycles. The fourth-order valence-corrected chi connectivity index (χ4v) is 3.29. The molecular weight excluding hydrogens is 364 g/mol. The minimum atomic E-state index is 0.664. The Hall–Kier alpha value is -3.47. The lowest BCUT2D eigenvalue weighted by Crippen LogP contribution is -1.99. The van der Waals surface area contributed by atoms with Crippen LogP contribution in [0.15, 0.2) is 66.7 Å². The number of fused-ring (bicyclic) bond motifs is 1. The van der Waals surface area contributed by atoms with Crippen LogP contribution in [0.3, 0.4) is 0 Å². The van der Waals surface area contributed by atoms with Crippen LogP contribution < -0.4 is 14.2 Å². The number of aryl methyl sites for hydroxylation is 1. The molecule has 0 unspecified atom stereocenters. The number of nitrogens with zero attached hydrogens (tertiary/aromatic N) is 1. The molecule has 29 heavy (non-hydrogen) atoms. The minimum absolute atomic E-state index is 0.664. The van der Waals surface area contributed by atoms with Crippen molar-refractivity contribution in [1.82, 2.24) is 9.97 Å². The Morgan fingerprint density at radius 3 is 2.31 bits per heavy atom. The van der Waals surface area contributed by atoms with Gasteiger partial charge in [0.1, 0.15) is 11.6 Å². The summed E-state index contributed by atoms with van der Waals surface area (Å²) in [5, 5.41) is 0. The second-order valence-electron chi connectivity index (χ2n) is 6.77. The minimum Gasteiger partial charge on any atom is -0.494 e. The van der Waals surface area contributed by atoms with Crippen molar-refractivity contribution >= 4 is 11.0 Å². The summed E-state index contributed by atoms with van der Waals surface area (Å²) in [6.45, 7) is 0.693. The van der Waals surface area contributed by atoms with Gasteiger partial charge in [0.2, 0.25) is 0 Å². The van der Waals surface area contributed by atoms with Gasteiger partial charge < -0.3 is 19.2 Å². The highest BCUT2D eigenvalue weighted by atomic mass is 16.5. The molecule has 0 radical (unpaired) electrons. The van der Waals surface area contributed by atoms with E-state index in [1.54, 1.807) is 14.2 Å². The molecule has 1 heterocycles. The number of methoxy groups -OCH3 is 2. The maximum atomic E-state index is 5.87. The summed E-state index contributed by atoms with van der Waals surface area (Å²) < 4.78 is 16.6. The number of nitrogens with one attached hydrogen (secondary N) is 1. The van der Waals surface area contributed by atoms with E-state index in [1.807, 2.05) is 42.5 Å². The molecule has 0 bridgehead atoms. The van der Waals surface area contributed by atoms with Gasteiger partial charge >= 0.3 is 0 Å². The van der Waals surface area contributed by atoms with Crippen LogP contribution in [0.25, 0.3) is 22.4 Å². The highest BCUT2D eigenvalue weighted by molar-refractivity contribution is 5.83. The summed E-state index contributed by atoms with van der Waals surface area (Å²) in [6.07, 6.45) is 2.00. The van der Waals surface area contributed by atoms with E-state index in [1.165, 1.54) is 5.56 Å². The number of H-pyrrole nitrogens is 1.